The molecule has 10 nitrogen and oxygen atoms in total. The second-order valence-electron chi connectivity index (χ2n) is 14.5. The van der Waals surface area contributed by atoms with Gasteiger partial charge in [-0.2, -0.15) is 0 Å². The van der Waals surface area contributed by atoms with Crippen LogP contribution >= 0.6 is 0 Å². The van der Waals surface area contributed by atoms with Crippen LogP contribution in [0, 0.1) is 0 Å². The first-order valence-corrected chi connectivity index (χ1v) is 18.1. The number of carboxylic acids is 1. The molecule has 10 heteroatoms. The highest BCUT2D eigenvalue weighted by atomic mass is 16.5. The summed E-state index contributed by atoms with van der Waals surface area (Å²) in [5, 5.41) is 15.2. The van der Waals surface area contributed by atoms with Gasteiger partial charge < -0.3 is 25.4 Å². The highest BCUT2D eigenvalue weighted by molar-refractivity contribution is 5.98. The van der Waals surface area contributed by atoms with Gasteiger partial charge in [0.1, 0.15) is 17.8 Å². The SMILES string of the molecule is CCCCCCCOc1ccc(-c2cnc(-c3ccc(C[C@H](NC(=O)c4ccc(C(C)(C)C)cc4)C(=O)NC(CN(C)C)C(=O)O)cc3)nc2)cc1. The van der Waals surface area contributed by atoms with Crippen molar-refractivity contribution in [3.05, 3.63) is 102 Å². The number of carbonyl (C=O) groups excluding carboxylic acids is 2. The third-order valence-corrected chi connectivity index (χ3v) is 8.81. The molecule has 0 fully saturated rings. The molecule has 1 heterocycles. The van der Waals surface area contributed by atoms with Crippen molar-refractivity contribution in [2.75, 3.05) is 27.2 Å². The molecule has 2 amide bonds. The average Bonchev–Trinajstić information content (AvgIpc) is 3.12. The maximum atomic E-state index is 13.5. The molecule has 0 aliphatic carbocycles. The Morgan fingerprint density at radius 1 is 0.769 bits per heavy atom. The quantitative estimate of drug-likeness (QED) is 0.0949. The zero-order valence-electron chi connectivity index (χ0n) is 31.3. The lowest BCUT2D eigenvalue weighted by atomic mass is 9.86. The molecule has 276 valence electrons. The van der Waals surface area contributed by atoms with E-state index in [0.717, 1.165) is 46.6 Å². The minimum Gasteiger partial charge on any atom is -0.494 e. The van der Waals surface area contributed by atoms with Gasteiger partial charge in [-0.3, -0.25) is 9.59 Å². The minimum atomic E-state index is -1.16. The van der Waals surface area contributed by atoms with Gasteiger partial charge in [-0.1, -0.05) is 102 Å². The Hall–Kier alpha value is -5.09. The first-order chi connectivity index (χ1) is 24.8. The summed E-state index contributed by atoms with van der Waals surface area (Å²) in [6.45, 7) is 9.31. The normalized spacial score (nSPS) is 12.6. The van der Waals surface area contributed by atoms with Crippen LogP contribution in [-0.2, 0) is 21.4 Å². The van der Waals surface area contributed by atoms with E-state index in [2.05, 4.69) is 48.3 Å². The molecule has 0 radical (unpaired) electrons. The van der Waals surface area contributed by atoms with Gasteiger partial charge >= 0.3 is 5.97 Å². The van der Waals surface area contributed by atoms with Crippen molar-refractivity contribution >= 4 is 17.8 Å². The third-order valence-electron chi connectivity index (χ3n) is 8.81. The number of nitrogens with one attached hydrogen (secondary N) is 2. The number of carboxylic acid groups (broad SMARTS) is 1. The molecule has 2 atom stereocenters. The van der Waals surface area contributed by atoms with Crippen LogP contribution in [0.2, 0.25) is 0 Å². The maximum Gasteiger partial charge on any atom is 0.327 e. The Kier molecular flexibility index (Phi) is 14.5. The average molecular weight is 708 g/mol. The van der Waals surface area contributed by atoms with Crippen molar-refractivity contribution in [1.29, 1.82) is 0 Å². The number of nitrogens with zero attached hydrogens (tertiary/aromatic N) is 3. The Morgan fingerprint density at radius 3 is 1.96 bits per heavy atom. The molecule has 1 unspecified atom stereocenters. The summed E-state index contributed by atoms with van der Waals surface area (Å²) in [4.78, 5) is 49.6. The summed E-state index contributed by atoms with van der Waals surface area (Å²) < 4.78 is 5.89. The number of likely N-dealkylation sites (N-methyl/N-ethyl adjacent to an activating group) is 1. The maximum absolute atomic E-state index is 13.5. The molecule has 0 saturated heterocycles. The van der Waals surface area contributed by atoms with E-state index in [4.69, 9.17) is 4.74 Å². The molecule has 0 aliphatic rings. The van der Waals surface area contributed by atoms with E-state index >= 15 is 0 Å². The number of hydrogen-bond donors (Lipinski definition) is 3. The van der Waals surface area contributed by atoms with E-state index in [1.807, 2.05) is 60.7 Å². The van der Waals surface area contributed by atoms with Gasteiger partial charge in [-0.15, -0.1) is 0 Å². The van der Waals surface area contributed by atoms with Crippen molar-refractivity contribution in [2.45, 2.75) is 83.7 Å². The molecule has 0 saturated carbocycles. The van der Waals surface area contributed by atoms with E-state index in [1.165, 1.54) is 25.7 Å². The zero-order chi connectivity index (χ0) is 37.7. The zero-order valence-corrected chi connectivity index (χ0v) is 31.3. The van der Waals surface area contributed by atoms with Crippen LogP contribution in [0.3, 0.4) is 0 Å². The summed E-state index contributed by atoms with van der Waals surface area (Å²) in [5.74, 6) is -0.771. The van der Waals surface area contributed by atoms with E-state index in [-0.39, 0.29) is 18.4 Å². The second kappa shape index (κ2) is 18.9. The lowest BCUT2D eigenvalue weighted by molar-refractivity contribution is -0.142. The van der Waals surface area contributed by atoms with Gasteiger partial charge in [0, 0.05) is 42.0 Å². The molecule has 52 heavy (non-hydrogen) atoms. The van der Waals surface area contributed by atoms with E-state index in [9.17, 15) is 19.5 Å². The molecule has 4 rings (SSSR count). The van der Waals surface area contributed by atoms with Crippen molar-refractivity contribution in [3.8, 4) is 28.3 Å². The predicted octanol–water partition coefficient (Wildman–Crippen LogP) is 6.93. The number of unbranched alkanes of at least 4 members (excludes halogenated alkanes) is 4. The van der Waals surface area contributed by atoms with Gasteiger partial charge in [0.15, 0.2) is 5.82 Å². The highest BCUT2D eigenvalue weighted by Crippen LogP contribution is 2.25. The summed E-state index contributed by atoms with van der Waals surface area (Å²) in [5.41, 5.74) is 4.84. The number of aromatic nitrogens is 2. The van der Waals surface area contributed by atoms with Crippen LogP contribution < -0.4 is 15.4 Å². The molecule has 3 N–H and O–H groups in total. The Labute approximate surface area is 308 Å². The molecular formula is C42H53N5O5. The van der Waals surface area contributed by atoms with E-state index in [1.54, 1.807) is 43.5 Å². The standard InChI is InChI=1S/C42H53N5O5/c1-7-8-9-10-11-24-52-35-22-18-30(19-23-35)33-26-43-38(44-27-33)31-14-12-29(13-15-31)25-36(40(49)46-37(41(50)51)28-47(5)6)45-39(48)32-16-20-34(21-17-32)42(2,3)4/h12-23,26-27,36-37H,7-11,24-25,28H2,1-6H3,(H,45,48)(H,46,49)(H,50,51)/t36-,37?/m0/s1. The van der Waals surface area contributed by atoms with Gasteiger partial charge in [-0.25, -0.2) is 14.8 Å². The molecule has 0 bridgehead atoms. The van der Waals surface area contributed by atoms with Gasteiger partial charge in [0.05, 0.1) is 6.61 Å². The predicted molar refractivity (Wildman–Crippen MR) is 205 cm³/mol. The fraction of sp³-hybridized carbons (Fsp3) is 0.405. The fourth-order valence-electron chi connectivity index (χ4n) is 5.69. The molecular weight excluding hydrogens is 654 g/mol. The Balaban J connectivity index is 1.43. The molecule has 1 aromatic heterocycles. The first kappa shape index (κ1) is 39.7. The number of benzene rings is 3. The van der Waals surface area contributed by atoms with Crippen LogP contribution in [0.1, 0.15) is 81.3 Å². The number of amides is 2. The van der Waals surface area contributed by atoms with Crippen molar-refractivity contribution < 1.29 is 24.2 Å². The molecule has 4 aromatic rings. The second-order valence-corrected chi connectivity index (χ2v) is 14.5. The number of ether oxygens (including phenoxy) is 1. The monoisotopic (exact) mass is 707 g/mol. The van der Waals surface area contributed by atoms with Crippen LogP contribution in [-0.4, -0.2) is 77.1 Å². The van der Waals surface area contributed by atoms with Crippen molar-refractivity contribution in [3.63, 3.8) is 0 Å². The van der Waals surface area contributed by atoms with Crippen molar-refractivity contribution in [2.24, 2.45) is 0 Å². The summed E-state index contributed by atoms with van der Waals surface area (Å²) in [6, 6.07) is 20.5. The summed E-state index contributed by atoms with van der Waals surface area (Å²) in [7, 11) is 3.46. The third kappa shape index (κ3) is 12.0. The number of aliphatic carboxylic acids is 1. The molecule has 3 aromatic carbocycles. The minimum absolute atomic E-state index is 0.0797. The number of carbonyl (C=O) groups is 3. The van der Waals surface area contributed by atoms with Crippen LogP contribution in [0.4, 0.5) is 0 Å². The van der Waals surface area contributed by atoms with Crippen molar-refractivity contribution in [1.82, 2.24) is 25.5 Å². The lowest BCUT2D eigenvalue weighted by Crippen LogP contribution is -2.54. The molecule has 0 aliphatic heterocycles. The molecule has 0 spiro atoms. The number of hydrogen-bond acceptors (Lipinski definition) is 7. The van der Waals surface area contributed by atoms with E-state index in [0.29, 0.717) is 11.4 Å². The summed E-state index contributed by atoms with van der Waals surface area (Å²) >= 11 is 0. The Bertz CT molecular complexity index is 1730. The van der Waals surface area contributed by atoms with Crippen LogP contribution in [0.25, 0.3) is 22.5 Å². The van der Waals surface area contributed by atoms with Gasteiger partial charge in [0.25, 0.3) is 5.91 Å². The summed E-state index contributed by atoms with van der Waals surface area (Å²) in [6.07, 6.45) is 9.72. The van der Waals surface area contributed by atoms with Gasteiger partial charge in [0.2, 0.25) is 5.91 Å². The largest absolute Gasteiger partial charge is 0.494 e. The highest BCUT2D eigenvalue weighted by Gasteiger charge is 2.28. The first-order valence-electron chi connectivity index (χ1n) is 18.1. The fourth-order valence-corrected chi connectivity index (χ4v) is 5.69. The van der Waals surface area contributed by atoms with Crippen LogP contribution in [0.15, 0.2) is 85.2 Å². The van der Waals surface area contributed by atoms with E-state index < -0.39 is 29.9 Å². The lowest BCUT2D eigenvalue weighted by Gasteiger charge is -2.24. The van der Waals surface area contributed by atoms with Crippen LogP contribution in [0.5, 0.6) is 5.75 Å². The smallest absolute Gasteiger partial charge is 0.327 e. The van der Waals surface area contributed by atoms with Gasteiger partial charge in [-0.05, 0) is 66.9 Å². The number of rotatable bonds is 18. The topological polar surface area (TPSA) is 134 Å². The Morgan fingerprint density at radius 2 is 1.38 bits per heavy atom.